The molecule has 0 saturated carbocycles. The number of carboxylic acids is 1. The maximum atomic E-state index is 11.5. The number of aliphatic carboxylic acids is 1. The van der Waals surface area contributed by atoms with Crippen LogP contribution in [0.1, 0.15) is 45.4 Å². The Morgan fingerprint density at radius 3 is 3.00 bits per heavy atom. The molecule has 0 amide bonds. The van der Waals surface area contributed by atoms with E-state index in [0.717, 1.165) is 51.9 Å². The fourth-order valence-electron chi connectivity index (χ4n) is 3.31. The van der Waals surface area contributed by atoms with Gasteiger partial charge in [-0.05, 0) is 38.6 Å². The number of hydrogen-bond donors (Lipinski definition) is 1. The average Bonchev–Trinajstić information content (AvgIpc) is 2.96. The fourth-order valence-corrected chi connectivity index (χ4v) is 3.31. The normalized spacial score (nSPS) is 33.1. The van der Waals surface area contributed by atoms with Gasteiger partial charge in [0.15, 0.2) is 0 Å². The molecule has 0 aromatic rings. The molecular weight excluding hydrogens is 230 g/mol. The predicted octanol–water partition coefficient (Wildman–Crippen LogP) is 2.13. The van der Waals surface area contributed by atoms with Crippen molar-refractivity contribution in [1.29, 1.82) is 0 Å². The Bertz CT molecular complexity index is 289. The van der Waals surface area contributed by atoms with E-state index in [2.05, 4.69) is 11.8 Å². The second-order valence-corrected chi connectivity index (χ2v) is 5.79. The lowest BCUT2D eigenvalue weighted by Crippen LogP contribution is -2.35. The lowest BCUT2D eigenvalue weighted by molar-refractivity contribution is -0.148. The molecule has 2 fully saturated rings. The van der Waals surface area contributed by atoms with Gasteiger partial charge < -0.3 is 14.7 Å². The van der Waals surface area contributed by atoms with Crippen LogP contribution in [-0.2, 0) is 9.53 Å². The highest BCUT2D eigenvalue weighted by molar-refractivity contribution is 5.75. The maximum absolute atomic E-state index is 11.5. The number of carbonyl (C=O) groups is 1. The van der Waals surface area contributed by atoms with E-state index >= 15 is 0 Å². The van der Waals surface area contributed by atoms with Crippen molar-refractivity contribution >= 4 is 5.97 Å². The van der Waals surface area contributed by atoms with E-state index in [9.17, 15) is 9.90 Å². The number of rotatable bonds is 6. The summed E-state index contributed by atoms with van der Waals surface area (Å²) >= 11 is 0. The molecule has 0 aromatic heterocycles. The zero-order chi connectivity index (χ0) is 13.0. The highest BCUT2D eigenvalue weighted by Crippen LogP contribution is 2.35. The van der Waals surface area contributed by atoms with Gasteiger partial charge in [0.05, 0.1) is 11.5 Å². The third-order valence-corrected chi connectivity index (χ3v) is 4.41. The molecular formula is C14H25NO3. The van der Waals surface area contributed by atoms with E-state index in [0.29, 0.717) is 6.10 Å². The van der Waals surface area contributed by atoms with E-state index in [4.69, 9.17) is 4.74 Å². The maximum Gasteiger partial charge on any atom is 0.310 e. The van der Waals surface area contributed by atoms with Crippen LogP contribution in [0.3, 0.4) is 0 Å². The number of carboxylic acid groups (broad SMARTS) is 1. The Hall–Kier alpha value is -0.610. The van der Waals surface area contributed by atoms with Crippen LogP contribution in [0.25, 0.3) is 0 Å². The van der Waals surface area contributed by atoms with Crippen molar-refractivity contribution in [3.8, 4) is 0 Å². The zero-order valence-electron chi connectivity index (χ0n) is 11.4. The first-order valence-electron chi connectivity index (χ1n) is 7.24. The van der Waals surface area contributed by atoms with Crippen molar-refractivity contribution < 1.29 is 14.6 Å². The van der Waals surface area contributed by atoms with Crippen LogP contribution < -0.4 is 0 Å². The van der Waals surface area contributed by atoms with Gasteiger partial charge in [-0.1, -0.05) is 13.3 Å². The number of nitrogens with zero attached hydrogens (tertiary/aromatic N) is 1. The van der Waals surface area contributed by atoms with Gasteiger partial charge in [0, 0.05) is 19.7 Å². The van der Waals surface area contributed by atoms with Crippen molar-refractivity contribution in [2.45, 2.75) is 51.6 Å². The lowest BCUT2D eigenvalue weighted by atomic mass is 9.83. The van der Waals surface area contributed by atoms with Crippen molar-refractivity contribution in [2.75, 3.05) is 26.2 Å². The molecule has 0 bridgehead atoms. The fraction of sp³-hybridized carbons (Fsp3) is 0.929. The van der Waals surface area contributed by atoms with E-state index in [1.165, 1.54) is 12.8 Å². The molecule has 2 aliphatic rings. The molecule has 2 heterocycles. The van der Waals surface area contributed by atoms with Crippen LogP contribution in [0.5, 0.6) is 0 Å². The molecule has 0 radical (unpaired) electrons. The molecule has 4 heteroatoms. The standard InChI is InChI=1S/C14H25NO3/c1-2-6-14(13(16)17)7-9-15(11-14)8-5-12-4-3-10-18-12/h12H,2-11H2,1H3,(H,16,17). The first-order valence-corrected chi connectivity index (χ1v) is 7.24. The number of ether oxygens (including phenoxy) is 1. The second kappa shape index (κ2) is 6.02. The summed E-state index contributed by atoms with van der Waals surface area (Å²) in [7, 11) is 0. The summed E-state index contributed by atoms with van der Waals surface area (Å²) in [5.74, 6) is -0.607. The molecule has 2 unspecified atom stereocenters. The molecule has 0 aromatic carbocycles. The Kier molecular flexibility index (Phi) is 4.62. The quantitative estimate of drug-likeness (QED) is 0.790. The van der Waals surface area contributed by atoms with Gasteiger partial charge in [0.25, 0.3) is 0 Å². The van der Waals surface area contributed by atoms with Gasteiger partial charge in [-0.3, -0.25) is 4.79 Å². The first-order chi connectivity index (χ1) is 8.66. The summed E-state index contributed by atoms with van der Waals surface area (Å²) in [5.41, 5.74) is -0.481. The van der Waals surface area contributed by atoms with Gasteiger partial charge in [-0.25, -0.2) is 0 Å². The minimum Gasteiger partial charge on any atom is -0.481 e. The van der Waals surface area contributed by atoms with Crippen LogP contribution in [0.15, 0.2) is 0 Å². The predicted molar refractivity (Wildman–Crippen MR) is 69.6 cm³/mol. The van der Waals surface area contributed by atoms with Crippen LogP contribution in [-0.4, -0.2) is 48.3 Å². The third kappa shape index (κ3) is 3.04. The Morgan fingerprint density at radius 1 is 1.56 bits per heavy atom. The Morgan fingerprint density at radius 2 is 2.39 bits per heavy atom. The molecule has 2 atom stereocenters. The minimum atomic E-state index is -0.607. The lowest BCUT2D eigenvalue weighted by Gasteiger charge is -2.24. The summed E-state index contributed by atoms with van der Waals surface area (Å²) in [4.78, 5) is 13.8. The monoisotopic (exact) mass is 255 g/mol. The molecule has 18 heavy (non-hydrogen) atoms. The second-order valence-electron chi connectivity index (χ2n) is 5.79. The van der Waals surface area contributed by atoms with Crippen LogP contribution in [0.4, 0.5) is 0 Å². The first kappa shape index (κ1) is 13.8. The highest BCUT2D eigenvalue weighted by atomic mass is 16.5. The van der Waals surface area contributed by atoms with Crippen molar-refractivity contribution in [1.82, 2.24) is 4.90 Å². The molecule has 2 aliphatic heterocycles. The van der Waals surface area contributed by atoms with E-state index < -0.39 is 11.4 Å². The largest absolute Gasteiger partial charge is 0.481 e. The van der Waals surface area contributed by atoms with Gasteiger partial charge in [-0.2, -0.15) is 0 Å². The minimum absolute atomic E-state index is 0.413. The summed E-state index contributed by atoms with van der Waals surface area (Å²) in [6.07, 6.45) is 6.39. The summed E-state index contributed by atoms with van der Waals surface area (Å²) in [6, 6.07) is 0. The third-order valence-electron chi connectivity index (χ3n) is 4.41. The van der Waals surface area contributed by atoms with E-state index in [-0.39, 0.29) is 0 Å². The molecule has 1 N–H and O–H groups in total. The smallest absolute Gasteiger partial charge is 0.310 e. The van der Waals surface area contributed by atoms with E-state index in [1.807, 2.05) is 0 Å². The average molecular weight is 255 g/mol. The Balaban J connectivity index is 1.80. The molecule has 0 aliphatic carbocycles. The highest BCUT2D eigenvalue weighted by Gasteiger charge is 2.43. The van der Waals surface area contributed by atoms with Crippen LogP contribution in [0.2, 0.25) is 0 Å². The Labute approximate surface area is 109 Å². The molecule has 0 spiro atoms. The number of hydrogen-bond acceptors (Lipinski definition) is 3. The SMILES string of the molecule is CCCC1(C(=O)O)CCN(CCC2CCCO2)C1. The van der Waals surface area contributed by atoms with Crippen LogP contribution >= 0.6 is 0 Å². The van der Waals surface area contributed by atoms with Crippen molar-refractivity contribution in [3.05, 3.63) is 0 Å². The van der Waals surface area contributed by atoms with Gasteiger partial charge >= 0.3 is 5.97 Å². The van der Waals surface area contributed by atoms with Crippen molar-refractivity contribution in [3.63, 3.8) is 0 Å². The molecule has 4 nitrogen and oxygen atoms in total. The molecule has 2 saturated heterocycles. The topological polar surface area (TPSA) is 49.8 Å². The van der Waals surface area contributed by atoms with Gasteiger partial charge in [0.1, 0.15) is 0 Å². The summed E-state index contributed by atoms with van der Waals surface area (Å²) < 4.78 is 5.62. The molecule has 2 rings (SSSR count). The summed E-state index contributed by atoms with van der Waals surface area (Å²) in [5, 5.41) is 9.44. The summed E-state index contributed by atoms with van der Waals surface area (Å²) in [6.45, 7) is 5.62. The van der Waals surface area contributed by atoms with Gasteiger partial charge in [-0.15, -0.1) is 0 Å². The number of likely N-dealkylation sites (tertiary alicyclic amines) is 1. The molecule has 104 valence electrons. The zero-order valence-corrected chi connectivity index (χ0v) is 11.4. The van der Waals surface area contributed by atoms with E-state index in [1.54, 1.807) is 0 Å². The van der Waals surface area contributed by atoms with Crippen LogP contribution in [0, 0.1) is 5.41 Å². The van der Waals surface area contributed by atoms with Crippen molar-refractivity contribution in [2.24, 2.45) is 5.41 Å². The van der Waals surface area contributed by atoms with Gasteiger partial charge in [0.2, 0.25) is 0 Å².